The quantitative estimate of drug-likeness (QED) is 0.0508. The second kappa shape index (κ2) is 21.4. The molecule has 0 amide bonds. The number of benzene rings is 1. The Morgan fingerprint density at radius 1 is 0.891 bits per heavy atom. The predicted octanol–water partition coefficient (Wildman–Crippen LogP) is 2.19. The summed E-state index contributed by atoms with van der Waals surface area (Å²) >= 11 is 5.30. The van der Waals surface area contributed by atoms with Gasteiger partial charge in [-0.3, -0.25) is 14.5 Å². The standard InChI is InChI=1S/C27H38N8O6S2.CO.Re/c28-43(40,41)22-9-7-21(8-10-22)32-27(42)31-11-5-3-1-2-4-6-14-33(17-23-29-12-15-34(23)19-25(36)37)18-24-30-13-16-35(24)20-26(38)39;1-2;/h7-10,12-13,15-16H,1-6,11,14,17-20H2,(H,36,37)(H,38,39)(H2,28,40,41)(H2,31,32,42);;. The second-order valence-corrected chi connectivity index (χ2v) is 12.0. The number of aliphatic carboxylic acids is 2. The van der Waals surface area contributed by atoms with Gasteiger partial charge in [0.2, 0.25) is 10.0 Å². The molecule has 0 bridgehead atoms. The number of primary sulfonamides is 1. The summed E-state index contributed by atoms with van der Waals surface area (Å²) in [6, 6.07) is 6.04. The Kier molecular flexibility index (Phi) is 18.8. The van der Waals surface area contributed by atoms with Crippen LogP contribution in [0, 0.1) is 6.65 Å². The Hall–Kier alpha value is -3.46. The normalized spacial score (nSPS) is 10.8. The van der Waals surface area contributed by atoms with E-state index in [1.165, 1.54) is 12.1 Å². The molecule has 15 nitrogen and oxygen atoms in total. The number of unbranched alkanes of at least 4 members (excludes halogenated alkanes) is 5. The minimum atomic E-state index is -3.73. The first-order chi connectivity index (χ1) is 21.5. The summed E-state index contributed by atoms with van der Waals surface area (Å²) < 4.78 is 33.4. The molecule has 0 spiro atoms. The molecule has 2 aromatic heterocycles. The Morgan fingerprint density at radius 2 is 1.37 bits per heavy atom. The fraction of sp³-hybridized carbons (Fsp3) is 0.429. The van der Waals surface area contributed by atoms with E-state index >= 15 is 0 Å². The van der Waals surface area contributed by atoms with Crippen LogP contribution in [-0.4, -0.2) is 72.8 Å². The largest absolute Gasteiger partial charge is 0 e. The van der Waals surface area contributed by atoms with Crippen molar-refractivity contribution in [1.29, 1.82) is 0 Å². The number of hydrogen-bond donors (Lipinski definition) is 5. The number of imidazole rings is 2. The number of rotatable bonds is 19. The maximum absolute atomic E-state index is 11.4. The zero-order chi connectivity index (χ0) is 33.2. The molecule has 0 aliphatic carbocycles. The van der Waals surface area contributed by atoms with E-state index < -0.39 is 22.0 Å². The molecule has 0 aliphatic rings. The van der Waals surface area contributed by atoms with Crippen LogP contribution in [0.3, 0.4) is 0 Å². The van der Waals surface area contributed by atoms with Crippen molar-refractivity contribution in [1.82, 2.24) is 29.3 Å². The maximum atomic E-state index is 11.4. The molecule has 46 heavy (non-hydrogen) atoms. The minimum absolute atomic E-state index is 0. The van der Waals surface area contributed by atoms with E-state index in [1.807, 2.05) is 0 Å². The number of nitrogens with two attached hydrogens (primary N) is 1. The Labute approximate surface area is 287 Å². The molecule has 251 valence electrons. The fourth-order valence-electron chi connectivity index (χ4n) is 4.45. The van der Waals surface area contributed by atoms with E-state index in [1.54, 1.807) is 46.1 Å². The molecule has 1 aromatic carbocycles. The van der Waals surface area contributed by atoms with Gasteiger partial charge < -0.3 is 30.0 Å². The predicted molar refractivity (Wildman–Crippen MR) is 168 cm³/mol. The number of anilines is 1. The van der Waals surface area contributed by atoms with Gasteiger partial charge in [0.25, 0.3) is 0 Å². The van der Waals surface area contributed by atoms with Crippen LogP contribution in [0.25, 0.3) is 0 Å². The molecule has 2 heterocycles. The molecule has 6 N–H and O–H groups in total. The summed E-state index contributed by atoms with van der Waals surface area (Å²) in [6.45, 7) is 6.40. The summed E-state index contributed by atoms with van der Waals surface area (Å²) in [4.78, 5) is 33.3. The van der Waals surface area contributed by atoms with Gasteiger partial charge in [0.15, 0.2) is 5.11 Å². The Bertz CT molecular complexity index is 1450. The van der Waals surface area contributed by atoms with Crippen molar-refractivity contribution in [3.05, 3.63) is 67.4 Å². The number of carboxylic acids is 2. The zero-order valence-electron chi connectivity index (χ0n) is 25.0. The number of hydrogen-bond acceptors (Lipinski definition) is 8. The summed E-state index contributed by atoms with van der Waals surface area (Å²) in [5.41, 5.74) is 0.663. The van der Waals surface area contributed by atoms with Crippen molar-refractivity contribution in [3.63, 3.8) is 0 Å². The summed E-state index contributed by atoms with van der Waals surface area (Å²) in [5, 5.41) is 30.1. The van der Waals surface area contributed by atoms with Crippen molar-refractivity contribution in [2.45, 2.75) is 69.6 Å². The molecule has 0 saturated heterocycles. The van der Waals surface area contributed by atoms with Gasteiger partial charge in [0.05, 0.1) is 18.0 Å². The van der Waals surface area contributed by atoms with Gasteiger partial charge in [-0.2, -0.15) is 0 Å². The Balaban J connectivity index is 0.00000346. The third-order valence-electron chi connectivity index (χ3n) is 6.57. The van der Waals surface area contributed by atoms with Gasteiger partial charge in [0, 0.05) is 57.4 Å². The third kappa shape index (κ3) is 15.2. The molecule has 1 radical (unpaired) electrons. The number of thiocarbonyl (C=S) groups is 1. The third-order valence-corrected chi connectivity index (χ3v) is 7.75. The molecule has 0 atom stereocenters. The molecule has 0 fully saturated rings. The number of sulfonamides is 1. The number of carboxylic acid groups (broad SMARTS) is 2. The van der Waals surface area contributed by atoms with Crippen LogP contribution in [0.4, 0.5) is 5.69 Å². The van der Waals surface area contributed by atoms with E-state index in [0.717, 1.165) is 45.1 Å². The molecule has 0 unspecified atom stereocenters. The smallest absolute Gasteiger partial charge is 0 e. The van der Waals surface area contributed by atoms with Gasteiger partial charge in [-0.15, -0.1) is 0 Å². The van der Waals surface area contributed by atoms with Crippen LogP contribution >= 0.6 is 12.2 Å². The van der Waals surface area contributed by atoms with E-state index in [0.29, 0.717) is 42.1 Å². The number of aromatic nitrogens is 4. The van der Waals surface area contributed by atoms with E-state index in [9.17, 15) is 28.2 Å². The van der Waals surface area contributed by atoms with E-state index in [2.05, 4.69) is 32.2 Å². The topological polar surface area (TPSA) is 218 Å². The van der Waals surface area contributed by atoms with Gasteiger partial charge >= 0.3 is 23.2 Å². The molecular formula is C28H38N8O7ReS2. The first kappa shape index (κ1) is 40.6. The second-order valence-electron chi connectivity index (χ2n) is 10.0. The fourth-order valence-corrected chi connectivity index (χ4v) is 5.18. The Morgan fingerprint density at radius 3 is 1.85 bits per heavy atom. The van der Waals surface area contributed by atoms with Gasteiger partial charge in [-0.1, -0.05) is 25.7 Å². The van der Waals surface area contributed by atoms with Crippen LogP contribution in [0.1, 0.15) is 50.2 Å². The molecule has 18 heteroatoms. The molecule has 0 aliphatic heterocycles. The van der Waals surface area contributed by atoms with Crippen molar-refractivity contribution < 1.29 is 53.3 Å². The van der Waals surface area contributed by atoms with Crippen molar-refractivity contribution >= 4 is 45.0 Å². The minimum Gasteiger partial charge on any atom is 0 e. The average molecular weight is 849 g/mol. The molecule has 3 aromatic rings. The molecule has 3 rings (SSSR count). The van der Waals surface area contributed by atoms with Crippen molar-refractivity contribution in [2.75, 3.05) is 18.4 Å². The van der Waals surface area contributed by atoms with Crippen LogP contribution in [0.15, 0.2) is 53.9 Å². The number of carbonyl (C=O) groups is 2. The van der Waals surface area contributed by atoms with Gasteiger partial charge in [-0.05, 0) is 55.9 Å². The molecule has 0 saturated carbocycles. The van der Waals surface area contributed by atoms with Crippen LogP contribution in [0.2, 0.25) is 0 Å². The van der Waals surface area contributed by atoms with Crippen LogP contribution in [-0.2, 0) is 70.9 Å². The van der Waals surface area contributed by atoms with Crippen molar-refractivity contribution in [3.8, 4) is 0 Å². The monoisotopic (exact) mass is 849 g/mol. The molecular weight excluding hydrogens is 811 g/mol. The first-order valence-electron chi connectivity index (χ1n) is 14.1. The zero-order valence-corrected chi connectivity index (χ0v) is 29.4. The summed E-state index contributed by atoms with van der Waals surface area (Å²) in [6.07, 6.45) is 12.4. The van der Waals surface area contributed by atoms with Crippen LogP contribution in [0.5, 0.6) is 0 Å². The summed E-state index contributed by atoms with van der Waals surface area (Å²) in [7, 11) is -3.73. The number of nitrogens with zero attached hydrogens (tertiary/aromatic N) is 5. The van der Waals surface area contributed by atoms with Crippen LogP contribution < -0.4 is 15.8 Å². The average Bonchev–Trinajstić information content (AvgIpc) is 3.60. The van der Waals surface area contributed by atoms with Gasteiger partial charge in [-0.25, -0.2) is 23.5 Å². The SMILES string of the molecule is NS(=O)(=O)c1ccc(NC(=S)NCCCCCCCCN(Cc2nccn2CC(=O)O)Cc2nccn2CC(=O)O)cc1.[C-]#[O+].[Re]. The summed E-state index contributed by atoms with van der Waals surface area (Å²) in [5.74, 6) is -0.653. The van der Waals surface area contributed by atoms with E-state index in [4.69, 9.17) is 22.0 Å². The first-order valence-corrected chi connectivity index (χ1v) is 16.0. The van der Waals surface area contributed by atoms with Gasteiger partial charge in [0.1, 0.15) is 24.7 Å². The van der Waals surface area contributed by atoms with Crippen molar-refractivity contribution in [2.24, 2.45) is 5.14 Å². The maximum Gasteiger partial charge on any atom is 0 e. The van der Waals surface area contributed by atoms with E-state index in [-0.39, 0.29) is 38.4 Å². The number of nitrogens with one attached hydrogen (secondary N) is 2.